The van der Waals surface area contributed by atoms with Gasteiger partial charge in [0.2, 0.25) is 0 Å². The molecule has 1 rings (SSSR count). The van der Waals surface area contributed by atoms with E-state index in [2.05, 4.69) is 4.74 Å². The molecule has 0 bridgehead atoms. The molecule has 0 spiro atoms. The number of rotatable bonds is 6. The minimum Gasteiger partial charge on any atom is -0.464 e. The number of nitrogens with zero attached hydrogens (tertiary/aromatic N) is 1. The summed E-state index contributed by atoms with van der Waals surface area (Å²) in [7, 11) is 0. The molecular formula is C12H15ClN2O6. The fraction of sp³-hybridized carbons (Fsp3) is 0.333. The van der Waals surface area contributed by atoms with E-state index in [4.69, 9.17) is 10.5 Å². The smallest absolute Gasteiger partial charge is 0.326 e. The molecule has 21 heavy (non-hydrogen) atoms. The molecule has 0 saturated heterocycles. The molecule has 9 heteroatoms. The van der Waals surface area contributed by atoms with Crippen molar-refractivity contribution in [3.63, 3.8) is 0 Å². The quantitative estimate of drug-likeness (QED) is 0.470. The van der Waals surface area contributed by atoms with Crippen LogP contribution in [-0.2, 0) is 25.7 Å². The lowest BCUT2D eigenvalue weighted by molar-refractivity contribution is -0.384. The first-order valence-electron chi connectivity index (χ1n) is 5.69. The van der Waals surface area contributed by atoms with Gasteiger partial charge >= 0.3 is 11.9 Å². The highest BCUT2D eigenvalue weighted by Crippen LogP contribution is 2.12. The van der Waals surface area contributed by atoms with Gasteiger partial charge in [0.25, 0.3) is 5.69 Å². The molecule has 0 aliphatic rings. The predicted octanol–water partition coefficient (Wildman–Crippen LogP) is 0.950. The minimum atomic E-state index is -1.06. The van der Waals surface area contributed by atoms with E-state index in [0.717, 1.165) is 0 Å². The molecule has 0 aliphatic heterocycles. The molecule has 0 heterocycles. The fourth-order valence-electron chi connectivity index (χ4n) is 1.25. The van der Waals surface area contributed by atoms with Gasteiger partial charge in [-0.05, 0) is 17.7 Å². The van der Waals surface area contributed by atoms with Crippen LogP contribution in [0.25, 0.3) is 0 Å². The summed E-state index contributed by atoms with van der Waals surface area (Å²) >= 11 is 0. The number of hydrogen-bond donors (Lipinski definition) is 1. The van der Waals surface area contributed by atoms with E-state index in [9.17, 15) is 19.7 Å². The number of nitro groups is 1. The minimum absolute atomic E-state index is 0. The van der Waals surface area contributed by atoms with Gasteiger partial charge in [-0.15, -0.1) is 12.4 Å². The van der Waals surface area contributed by atoms with Crippen LogP contribution in [0.1, 0.15) is 12.5 Å². The highest BCUT2D eigenvalue weighted by Gasteiger charge is 2.16. The number of non-ortho nitro benzene ring substituents is 1. The van der Waals surface area contributed by atoms with Crippen molar-refractivity contribution in [1.82, 2.24) is 0 Å². The maximum absolute atomic E-state index is 11.5. The lowest BCUT2D eigenvalue weighted by atomic mass is 10.2. The molecule has 2 N–H and O–H groups in total. The summed E-state index contributed by atoms with van der Waals surface area (Å²) in [5, 5.41) is 10.5. The van der Waals surface area contributed by atoms with Crippen molar-refractivity contribution in [3.8, 4) is 0 Å². The first-order chi connectivity index (χ1) is 9.40. The van der Waals surface area contributed by atoms with E-state index in [0.29, 0.717) is 5.56 Å². The highest BCUT2D eigenvalue weighted by atomic mass is 35.5. The van der Waals surface area contributed by atoms with E-state index >= 15 is 0 Å². The molecule has 0 radical (unpaired) electrons. The molecular weight excluding hydrogens is 304 g/mol. The van der Waals surface area contributed by atoms with Gasteiger partial charge in [-0.3, -0.25) is 19.7 Å². The second kappa shape index (κ2) is 8.88. The van der Waals surface area contributed by atoms with Crippen molar-refractivity contribution in [2.24, 2.45) is 5.73 Å². The first kappa shape index (κ1) is 18.8. The van der Waals surface area contributed by atoms with Crippen molar-refractivity contribution in [1.29, 1.82) is 0 Å². The normalized spacial score (nSPS) is 11.0. The molecule has 116 valence electrons. The predicted molar refractivity (Wildman–Crippen MR) is 74.7 cm³/mol. The Bertz CT molecular complexity index is 505. The SMILES string of the molecule is CC(=O)OC[C@H](N)C(=O)OCc1ccc([N+](=O)[O-])cc1.Cl. The van der Waals surface area contributed by atoms with Crippen LogP contribution in [0.3, 0.4) is 0 Å². The topological polar surface area (TPSA) is 122 Å². The number of nitro benzene ring substituents is 1. The lowest BCUT2D eigenvalue weighted by Gasteiger charge is -2.11. The number of nitrogens with two attached hydrogens (primary N) is 1. The van der Waals surface area contributed by atoms with Gasteiger partial charge in [0.15, 0.2) is 0 Å². The summed E-state index contributed by atoms with van der Waals surface area (Å²) in [4.78, 5) is 31.9. The third-order valence-corrected chi connectivity index (χ3v) is 2.30. The number of carbonyl (C=O) groups is 2. The summed E-state index contributed by atoms with van der Waals surface area (Å²) < 4.78 is 9.48. The van der Waals surface area contributed by atoms with Gasteiger partial charge in [-0.25, -0.2) is 0 Å². The van der Waals surface area contributed by atoms with Crippen LogP contribution in [0.5, 0.6) is 0 Å². The van der Waals surface area contributed by atoms with Gasteiger partial charge in [0, 0.05) is 19.1 Å². The molecule has 0 fully saturated rings. The third-order valence-electron chi connectivity index (χ3n) is 2.30. The van der Waals surface area contributed by atoms with Crippen LogP contribution in [0, 0.1) is 10.1 Å². The van der Waals surface area contributed by atoms with E-state index in [1.807, 2.05) is 0 Å². The third kappa shape index (κ3) is 6.68. The van der Waals surface area contributed by atoms with Crippen LogP contribution in [-0.4, -0.2) is 29.5 Å². The highest BCUT2D eigenvalue weighted by molar-refractivity contribution is 5.85. The van der Waals surface area contributed by atoms with E-state index in [-0.39, 0.29) is 31.3 Å². The van der Waals surface area contributed by atoms with Crippen LogP contribution in [0.15, 0.2) is 24.3 Å². The Morgan fingerprint density at radius 1 is 1.29 bits per heavy atom. The lowest BCUT2D eigenvalue weighted by Crippen LogP contribution is -2.37. The Morgan fingerprint density at radius 2 is 1.86 bits per heavy atom. The van der Waals surface area contributed by atoms with Crippen LogP contribution < -0.4 is 5.73 Å². The number of ether oxygens (including phenoxy) is 2. The largest absolute Gasteiger partial charge is 0.464 e. The zero-order chi connectivity index (χ0) is 15.1. The second-order valence-electron chi connectivity index (χ2n) is 3.94. The maximum Gasteiger partial charge on any atom is 0.326 e. The number of halogens is 1. The summed E-state index contributed by atoms with van der Waals surface area (Å²) in [6, 6.07) is 4.51. The average molecular weight is 319 g/mol. The molecule has 0 unspecified atom stereocenters. The standard InChI is InChI=1S/C12H14N2O6.ClH/c1-8(15)19-7-11(13)12(16)20-6-9-2-4-10(5-3-9)14(17)18;/h2-5,11H,6-7,13H2,1H3;1H/t11-;/m0./s1. The molecule has 0 aromatic heterocycles. The molecule has 1 atom stereocenters. The molecule has 1 aromatic carbocycles. The Labute approximate surface area is 126 Å². The van der Waals surface area contributed by atoms with E-state index < -0.39 is 22.9 Å². The summed E-state index contributed by atoms with van der Waals surface area (Å²) in [5.74, 6) is -1.26. The Kier molecular flexibility index (Phi) is 7.95. The van der Waals surface area contributed by atoms with Crippen molar-refractivity contribution in [2.45, 2.75) is 19.6 Å². The molecule has 1 aromatic rings. The number of carbonyl (C=O) groups excluding carboxylic acids is 2. The summed E-state index contributed by atoms with van der Waals surface area (Å²) in [5.41, 5.74) is 5.99. The maximum atomic E-state index is 11.5. The van der Waals surface area contributed by atoms with Gasteiger partial charge in [0.1, 0.15) is 19.3 Å². The molecule has 0 aliphatic carbocycles. The zero-order valence-electron chi connectivity index (χ0n) is 11.2. The Hall–Kier alpha value is -2.19. The Balaban J connectivity index is 0.00000400. The van der Waals surface area contributed by atoms with Crippen LogP contribution >= 0.6 is 12.4 Å². The molecule has 0 saturated carbocycles. The van der Waals surface area contributed by atoms with Crippen LogP contribution in [0.4, 0.5) is 5.69 Å². The number of benzene rings is 1. The van der Waals surface area contributed by atoms with Crippen molar-refractivity contribution >= 4 is 30.0 Å². The fourth-order valence-corrected chi connectivity index (χ4v) is 1.25. The van der Waals surface area contributed by atoms with Crippen molar-refractivity contribution < 1.29 is 24.0 Å². The van der Waals surface area contributed by atoms with Crippen molar-refractivity contribution in [2.75, 3.05) is 6.61 Å². The van der Waals surface area contributed by atoms with Crippen molar-refractivity contribution in [3.05, 3.63) is 39.9 Å². The van der Waals surface area contributed by atoms with Crippen LogP contribution in [0.2, 0.25) is 0 Å². The van der Waals surface area contributed by atoms with Gasteiger partial charge in [-0.1, -0.05) is 0 Å². The van der Waals surface area contributed by atoms with Gasteiger partial charge in [0.05, 0.1) is 4.92 Å². The summed E-state index contributed by atoms with van der Waals surface area (Å²) in [6.07, 6.45) is 0. The zero-order valence-corrected chi connectivity index (χ0v) is 12.0. The molecule has 0 amide bonds. The van der Waals surface area contributed by atoms with Gasteiger partial charge < -0.3 is 15.2 Å². The summed E-state index contributed by atoms with van der Waals surface area (Å²) in [6.45, 7) is 0.883. The second-order valence-corrected chi connectivity index (χ2v) is 3.94. The van der Waals surface area contributed by atoms with Gasteiger partial charge in [-0.2, -0.15) is 0 Å². The first-order valence-corrected chi connectivity index (χ1v) is 5.69. The number of hydrogen-bond acceptors (Lipinski definition) is 7. The number of esters is 2. The Morgan fingerprint density at radius 3 is 2.33 bits per heavy atom. The monoisotopic (exact) mass is 318 g/mol. The van der Waals surface area contributed by atoms with E-state index in [1.54, 1.807) is 0 Å². The molecule has 8 nitrogen and oxygen atoms in total. The van der Waals surface area contributed by atoms with E-state index in [1.165, 1.54) is 31.2 Å². The average Bonchev–Trinajstić information content (AvgIpc) is 2.42.